The van der Waals surface area contributed by atoms with Crippen LogP contribution in [0.5, 0.6) is 0 Å². The second-order valence-electron chi connectivity index (χ2n) is 2.77. The van der Waals surface area contributed by atoms with E-state index in [-0.39, 0.29) is 0 Å². The van der Waals surface area contributed by atoms with Crippen LogP contribution in [0, 0.1) is 0 Å². The van der Waals surface area contributed by atoms with Crippen molar-refractivity contribution >= 4 is 5.91 Å². The number of nitrogens with two attached hydrogens (primary N) is 1. The number of aromatic nitrogens is 2. The second-order valence-corrected chi connectivity index (χ2v) is 2.77. The first kappa shape index (κ1) is 8.55. The van der Waals surface area contributed by atoms with E-state index < -0.39 is 12.1 Å². The fraction of sp³-hybridized carbons (Fsp3) is 0.111. The van der Waals surface area contributed by atoms with E-state index in [1.807, 2.05) is 6.08 Å². The average Bonchev–Trinajstić information content (AvgIpc) is 2.67. The summed E-state index contributed by atoms with van der Waals surface area (Å²) in [4.78, 5) is 11.0. The normalized spacial score (nSPS) is 19.3. The fourth-order valence-electron chi connectivity index (χ4n) is 1.23. The van der Waals surface area contributed by atoms with E-state index in [0.29, 0.717) is 5.69 Å². The number of rotatable bonds is 2. The van der Waals surface area contributed by atoms with Crippen molar-refractivity contribution in [1.29, 1.82) is 0 Å². The first-order valence-electron chi connectivity index (χ1n) is 4.11. The molecule has 0 saturated carbocycles. The molecule has 1 aromatic rings. The molecular formula is C9H9N3O2. The lowest BCUT2D eigenvalue weighted by Gasteiger charge is -2.16. The summed E-state index contributed by atoms with van der Waals surface area (Å²) in [5.74, 6) is -0.519. The van der Waals surface area contributed by atoms with Crippen LogP contribution in [0.15, 0.2) is 36.8 Å². The number of amides is 1. The van der Waals surface area contributed by atoms with E-state index in [2.05, 4.69) is 5.10 Å². The van der Waals surface area contributed by atoms with E-state index in [1.165, 1.54) is 17.1 Å². The summed E-state index contributed by atoms with van der Waals surface area (Å²) < 4.78 is 6.67. The maximum Gasteiger partial charge on any atom is 0.267 e. The van der Waals surface area contributed by atoms with Crippen molar-refractivity contribution in [1.82, 2.24) is 9.78 Å². The topological polar surface area (TPSA) is 70.1 Å². The zero-order chi connectivity index (χ0) is 9.97. The number of nitrogens with zero attached hydrogens (tertiary/aromatic N) is 2. The standard InChI is InChI=1S/C9H9N3O2/c10-9(13)7-4-5-11-12(7)8-3-1-2-6-14-8/h1-6,8H,(H2,10,13). The van der Waals surface area contributed by atoms with Crippen LogP contribution in [0.1, 0.15) is 16.7 Å². The highest BCUT2D eigenvalue weighted by atomic mass is 16.5. The van der Waals surface area contributed by atoms with Crippen LogP contribution in [0.3, 0.4) is 0 Å². The van der Waals surface area contributed by atoms with Gasteiger partial charge >= 0.3 is 0 Å². The lowest BCUT2D eigenvalue weighted by Crippen LogP contribution is -2.21. The molecule has 0 fully saturated rings. The molecule has 1 unspecified atom stereocenters. The fourth-order valence-corrected chi connectivity index (χ4v) is 1.23. The van der Waals surface area contributed by atoms with Crippen LogP contribution >= 0.6 is 0 Å². The molecule has 2 N–H and O–H groups in total. The highest BCUT2D eigenvalue weighted by molar-refractivity contribution is 5.90. The van der Waals surface area contributed by atoms with Crippen molar-refractivity contribution in [3.8, 4) is 0 Å². The highest BCUT2D eigenvalue weighted by Gasteiger charge is 2.16. The molecule has 0 radical (unpaired) electrons. The predicted octanol–water partition coefficient (Wildman–Crippen LogP) is 0.581. The highest BCUT2D eigenvalue weighted by Crippen LogP contribution is 2.15. The molecule has 5 heteroatoms. The van der Waals surface area contributed by atoms with Gasteiger partial charge in [0.25, 0.3) is 5.91 Å². The Morgan fingerprint density at radius 2 is 2.43 bits per heavy atom. The molecule has 0 bridgehead atoms. The molecule has 72 valence electrons. The Morgan fingerprint density at radius 3 is 3.07 bits per heavy atom. The summed E-state index contributed by atoms with van der Waals surface area (Å²) in [6, 6.07) is 1.55. The van der Waals surface area contributed by atoms with E-state index in [0.717, 1.165) is 0 Å². The van der Waals surface area contributed by atoms with Gasteiger partial charge in [0.1, 0.15) is 5.69 Å². The number of hydrogen-bond donors (Lipinski definition) is 1. The van der Waals surface area contributed by atoms with Gasteiger partial charge in [-0.15, -0.1) is 0 Å². The minimum atomic E-state index is -0.519. The Balaban J connectivity index is 2.32. The van der Waals surface area contributed by atoms with Gasteiger partial charge in [-0.05, 0) is 18.2 Å². The third-order valence-electron chi connectivity index (χ3n) is 1.85. The minimum absolute atomic E-state index is 0.329. The number of carbonyl (C=O) groups excluding carboxylic acids is 1. The molecule has 1 amide bonds. The summed E-state index contributed by atoms with van der Waals surface area (Å²) >= 11 is 0. The third kappa shape index (κ3) is 1.39. The lowest BCUT2D eigenvalue weighted by molar-refractivity contribution is 0.0900. The van der Waals surface area contributed by atoms with E-state index in [4.69, 9.17) is 10.5 Å². The average molecular weight is 191 g/mol. The van der Waals surface area contributed by atoms with Crippen LogP contribution in [0.2, 0.25) is 0 Å². The molecule has 2 rings (SSSR count). The predicted molar refractivity (Wildman–Crippen MR) is 49.1 cm³/mol. The van der Waals surface area contributed by atoms with Gasteiger partial charge in [-0.3, -0.25) is 4.79 Å². The molecule has 2 heterocycles. The summed E-state index contributed by atoms with van der Waals surface area (Å²) in [5.41, 5.74) is 5.50. The van der Waals surface area contributed by atoms with Crippen molar-refractivity contribution in [2.45, 2.75) is 6.23 Å². The van der Waals surface area contributed by atoms with E-state index in [1.54, 1.807) is 18.2 Å². The van der Waals surface area contributed by atoms with Gasteiger partial charge in [0.05, 0.1) is 6.26 Å². The molecule has 1 atom stereocenters. The Bertz CT molecular complexity index is 406. The van der Waals surface area contributed by atoms with Gasteiger partial charge < -0.3 is 10.5 Å². The van der Waals surface area contributed by atoms with Crippen LogP contribution < -0.4 is 5.73 Å². The Labute approximate surface area is 80.5 Å². The van der Waals surface area contributed by atoms with Gasteiger partial charge in [0.15, 0.2) is 0 Å². The first-order chi connectivity index (χ1) is 6.79. The zero-order valence-corrected chi connectivity index (χ0v) is 7.33. The van der Waals surface area contributed by atoms with Gasteiger partial charge in [-0.25, -0.2) is 4.68 Å². The van der Waals surface area contributed by atoms with Crippen molar-refractivity contribution in [3.63, 3.8) is 0 Å². The van der Waals surface area contributed by atoms with Crippen LogP contribution in [0.25, 0.3) is 0 Å². The van der Waals surface area contributed by atoms with Gasteiger partial charge in [-0.2, -0.15) is 5.10 Å². The summed E-state index contributed by atoms with van der Waals surface area (Å²) in [7, 11) is 0. The van der Waals surface area contributed by atoms with Gasteiger partial charge in [-0.1, -0.05) is 6.08 Å². The van der Waals surface area contributed by atoms with Crippen LogP contribution in [-0.4, -0.2) is 15.7 Å². The Hall–Kier alpha value is -2.04. The van der Waals surface area contributed by atoms with Crippen LogP contribution in [0.4, 0.5) is 0 Å². The smallest absolute Gasteiger partial charge is 0.267 e. The minimum Gasteiger partial charge on any atom is -0.473 e. The van der Waals surface area contributed by atoms with Crippen molar-refractivity contribution < 1.29 is 9.53 Å². The van der Waals surface area contributed by atoms with Gasteiger partial charge in [0, 0.05) is 6.20 Å². The maximum absolute atomic E-state index is 11.0. The summed E-state index contributed by atoms with van der Waals surface area (Å²) in [6.45, 7) is 0. The number of carbonyl (C=O) groups is 1. The molecule has 1 aliphatic rings. The zero-order valence-electron chi connectivity index (χ0n) is 7.33. The number of ether oxygens (including phenoxy) is 1. The molecule has 0 aliphatic carbocycles. The number of hydrogen-bond acceptors (Lipinski definition) is 3. The summed E-state index contributed by atoms with van der Waals surface area (Å²) in [6.07, 6.45) is 8.01. The lowest BCUT2D eigenvalue weighted by atomic mass is 10.3. The van der Waals surface area contributed by atoms with Crippen LogP contribution in [-0.2, 0) is 4.74 Å². The van der Waals surface area contributed by atoms with E-state index in [9.17, 15) is 4.79 Å². The number of primary amides is 1. The molecule has 0 saturated heterocycles. The first-order valence-corrected chi connectivity index (χ1v) is 4.11. The largest absolute Gasteiger partial charge is 0.473 e. The SMILES string of the molecule is NC(=O)c1ccnn1C1C=CC=CO1. The van der Waals surface area contributed by atoms with Crippen molar-refractivity contribution in [2.75, 3.05) is 0 Å². The molecule has 0 spiro atoms. The Kier molecular flexibility index (Phi) is 2.06. The molecular weight excluding hydrogens is 182 g/mol. The molecule has 1 aromatic heterocycles. The maximum atomic E-state index is 11.0. The second kappa shape index (κ2) is 3.37. The van der Waals surface area contributed by atoms with Crippen molar-refractivity contribution in [2.24, 2.45) is 5.73 Å². The third-order valence-corrected chi connectivity index (χ3v) is 1.85. The quantitative estimate of drug-likeness (QED) is 0.743. The Morgan fingerprint density at radius 1 is 1.57 bits per heavy atom. The molecule has 1 aliphatic heterocycles. The molecule has 0 aromatic carbocycles. The van der Waals surface area contributed by atoms with E-state index >= 15 is 0 Å². The molecule has 5 nitrogen and oxygen atoms in total. The van der Waals surface area contributed by atoms with Gasteiger partial charge in [0.2, 0.25) is 6.23 Å². The van der Waals surface area contributed by atoms with Crippen molar-refractivity contribution in [3.05, 3.63) is 42.4 Å². The number of allylic oxidation sites excluding steroid dienone is 2. The monoisotopic (exact) mass is 191 g/mol. The summed E-state index contributed by atoms with van der Waals surface area (Å²) in [5, 5.41) is 3.97. The molecule has 14 heavy (non-hydrogen) atoms.